The number of nitrogens with zero attached hydrogens (tertiary/aromatic N) is 5. The minimum absolute atomic E-state index is 0.210. The third-order valence-electron chi connectivity index (χ3n) is 6.45. The van der Waals surface area contributed by atoms with Crippen molar-refractivity contribution in [3.63, 3.8) is 0 Å². The van der Waals surface area contributed by atoms with Gasteiger partial charge in [-0.25, -0.2) is 14.6 Å². The Bertz CT molecular complexity index is 1210. The molecule has 2 amide bonds. The average molecular weight is 477 g/mol. The molecule has 1 fully saturated rings. The predicted octanol–water partition coefficient (Wildman–Crippen LogP) is 3.85. The van der Waals surface area contributed by atoms with Crippen molar-refractivity contribution < 1.29 is 19.1 Å². The Morgan fingerprint density at radius 3 is 2.63 bits per heavy atom. The summed E-state index contributed by atoms with van der Waals surface area (Å²) in [6, 6.07) is 10.8. The molecule has 1 atom stereocenters. The molecule has 0 radical (unpaired) electrons. The third kappa shape index (κ3) is 4.57. The molecule has 0 aliphatic carbocycles. The molecule has 10 nitrogen and oxygen atoms in total. The Hall–Kier alpha value is -3.92. The summed E-state index contributed by atoms with van der Waals surface area (Å²) in [6.45, 7) is 4.06. The van der Waals surface area contributed by atoms with Crippen molar-refractivity contribution in [2.45, 2.75) is 31.8 Å². The summed E-state index contributed by atoms with van der Waals surface area (Å²) in [4.78, 5) is 33.0. The first-order chi connectivity index (χ1) is 17.0. The molecular weight excluding hydrogens is 448 g/mol. The number of carbonyl (C=O) groups is 2. The average Bonchev–Trinajstić information content (AvgIpc) is 3.39. The van der Waals surface area contributed by atoms with Crippen molar-refractivity contribution in [1.82, 2.24) is 20.1 Å². The molecule has 1 saturated heterocycles. The number of pyridine rings is 1. The van der Waals surface area contributed by atoms with Gasteiger partial charge in [0.2, 0.25) is 5.88 Å². The SMILES string of the molecule is COC(=O)N1c2ccc(-c3cnn(C4CCNCC4)c3)cc2N(C(=O)Oc2ccccn2)C[C@@H]1C. The molecule has 0 saturated carbocycles. The van der Waals surface area contributed by atoms with Crippen LogP contribution in [-0.4, -0.2) is 59.7 Å². The van der Waals surface area contributed by atoms with E-state index in [1.165, 1.54) is 12.0 Å². The van der Waals surface area contributed by atoms with E-state index in [2.05, 4.69) is 15.4 Å². The fourth-order valence-electron chi connectivity index (χ4n) is 4.66. The van der Waals surface area contributed by atoms with Crippen LogP contribution in [0.4, 0.5) is 21.0 Å². The van der Waals surface area contributed by atoms with E-state index in [4.69, 9.17) is 9.47 Å². The normalized spacial score (nSPS) is 18.2. The van der Waals surface area contributed by atoms with Crippen LogP contribution >= 0.6 is 0 Å². The zero-order valence-electron chi connectivity index (χ0n) is 19.8. The van der Waals surface area contributed by atoms with E-state index < -0.39 is 12.2 Å². The third-order valence-corrected chi connectivity index (χ3v) is 6.45. The molecule has 4 heterocycles. The number of piperidine rings is 1. The highest BCUT2D eigenvalue weighted by atomic mass is 16.6. The van der Waals surface area contributed by atoms with Gasteiger partial charge >= 0.3 is 12.2 Å². The van der Waals surface area contributed by atoms with Gasteiger partial charge in [0.15, 0.2) is 0 Å². The number of nitrogens with one attached hydrogen (secondary N) is 1. The zero-order valence-corrected chi connectivity index (χ0v) is 19.8. The van der Waals surface area contributed by atoms with Gasteiger partial charge in [0.25, 0.3) is 0 Å². The van der Waals surface area contributed by atoms with Crippen molar-refractivity contribution in [1.29, 1.82) is 0 Å². The molecule has 35 heavy (non-hydrogen) atoms. The lowest BCUT2D eigenvalue weighted by Crippen LogP contribution is -2.52. The number of hydrogen-bond acceptors (Lipinski definition) is 7. The predicted molar refractivity (Wildman–Crippen MR) is 131 cm³/mol. The van der Waals surface area contributed by atoms with Crippen molar-refractivity contribution in [3.8, 4) is 17.0 Å². The first-order valence-corrected chi connectivity index (χ1v) is 11.7. The Labute approximate surface area is 203 Å². The van der Waals surface area contributed by atoms with Gasteiger partial charge in [0, 0.05) is 24.0 Å². The summed E-state index contributed by atoms with van der Waals surface area (Å²) in [5.41, 5.74) is 2.95. The van der Waals surface area contributed by atoms with E-state index in [0.29, 0.717) is 17.4 Å². The van der Waals surface area contributed by atoms with Crippen LogP contribution in [0.3, 0.4) is 0 Å². The molecule has 3 aromatic rings. The van der Waals surface area contributed by atoms with Crippen LogP contribution in [-0.2, 0) is 4.74 Å². The van der Waals surface area contributed by atoms with Gasteiger partial charge in [0.1, 0.15) is 0 Å². The highest BCUT2D eigenvalue weighted by molar-refractivity contribution is 6.02. The molecule has 2 aliphatic heterocycles. The standard InChI is InChI=1S/C25H28N6O4/c1-17-15-29(24(32)35-23-5-3-4-10-27-23)22-13-18(6-7-21(22)31(17)25(33)34-2)19-14-28-30(16-19)20-8-11-26-12-9-20/h3-7,10,13-14,16-17,20,26H,8-9,11-12,15H2,1-2H3/t17-/m0/s1. The summed E-state index contributed by atoms with van der Waals surface area (Å²) < 4.78 is 12.6. The maximum atomic E-state index is 13.2. The molecule has 1 aromatic carbocycles. The molecule has 2 aliphatic rings. The lowest BCUT2D eigenvalue weighted by atomic mass is 10.0. The summed E-state index contributed by atoms with van der Waals surface area (Å²) >= 11 is 0. The molecule has 2 aromatic heterocycles. The lowest BCUT2D eigenvalue weighted by molar-refractivity contribution is 0.175. The number of hydrogen-bond donors (Lipinski definition) is 1. The van der Waals surface area contributed by atoms with Gasteiger partial charge in [-0.15, -0.1) is 0 Å². The summed E-state index contributed by atoms with van der Waals surface area (Å²) in [5.74, 6) is 0.210. The van der Waals surface area contributed by atoms with Gasteiger partial charge in [-0.05, 0) is 56.6 Å². The molecule has 0 bridgehead atoms. The van der Waals surface area contributed by atoms with Crippen LogP contribution in [0.25, 0.3) is 11.1 Å². The topological polar surface area (TPSA) is 102 Å². The lowest BCUT2D eigenvalue weighted by Gasteiger charge is -2.39. The van der Waals surface area contributed by atoms with Crippen LogP contribution in [0, 0.1) is 0 Å². The summed E-state index contributed by atoms with van der Waals surface area (Å²) in [7, 11) is 1.35. The number of carbonyl (C=O) groups excluding carboxylic acids is 2. The fraction of sp³-hybridized carbons (Fsp3) is 0.360. The van der Waals surface area contributed by atoms with Crippen molar-refractivity contribution in [2.75, 3.05) is 36.5 Å². The quantitative estimate of drug-likeness (QED) is 0.613. The van der Waals surface area contributed by atoms with Gasteiger partial charge in [-0.2, -0.15) is 5.10 Å². The molecular formula is C25H28N6O4. The number of ether oxygens (including phenoxy) is 2. The smallest absolute Gasteiger partial charge is 0.421 e. The molecule has 0 unspecified atom stereocenters. The molecule has 0 spiro atoms. The maximum Gasteiger partial charge on any atom is 0.421 e. The number of methoxy groups -OCH3 is 1. The summed E-state index contributed by atoms with van der Waals surface area (Å²) in [6.07, 6.45) is 6.45. The van der Waals surface area contributed by atoms with Crippen molar-refractivity contribution in [3.05, 3.63) is 55.0 Å². The molecule has 182 valence electrons. The van der Waals surface area contributed by atoms with Crippen LogP contribution in [0.1, 0.15) is 25.8 Å². The van der Waals surface area contributed by atoms with Gasteiger partial charge < -0.3 is 14.8 Å². The Morgan fingerprint density at radius 2 is 1.89 bits per heavy atom. The largest absolute Gasteiger partial charge is 0.452 e. The van der Waals surface area contributed by atoms with Gasteiger partial charge in [-0.1, -0.05) is 12.1 Å². The van der Waals surface area contributed by atoms with E-state index in [0.717, 1.165) is 37.1 Å². The Kier molecular flexibility index (Phi) is 6.37. The molecule has 5 rings (SSSR count). The van der Waals surface area contributed by atoms with E-state index in [-0.39, 0.29) is 18.5 Å². The minimum atomic E-state index is -0.566. The maximum absolute atomic E-state index is 13.2. The van der Waals surface area contributed by atoms with Crippen LogP contribution in [0.2, 0.25) is 0 Å². The van der Waals surface area contributed by atoms with Crippen LogP contribution in [0.5, 0.6) is 5.88 Å². The highest BCUT2D eigenvalue weighted by Crippen LogP contribution is 2.39. The van der Waals surface area contributed by atoms with E-state index >= 15 is 0 Å². The second kappa shape index (κ2) is 9.75. The first kappa shape index (κ1) is 22.9. The first-order valence-electron chi connectivity index (χ1n) is 11.7. The fourth-order valence-corrected chi connectivity index (χ4v) is 4.66. The number of anilines is 2. The minimum Gasteiger partial charge on any atom is -0.452 e. The number of amides is 2. The molecule has 10 heteroatoms. The van der Waals surface area contributed by atoms with Gasteiger partial charge in [0.05, 0.1) is 43.3 Å². The van der Waals surface area contributed by atoms with E-state index in [1.807, 2.05) is 42.2 Å². The zero-order chi connectivity index (χ0) is 24.4. The second-order valence-electron chi connectivity index (χ2n) is 8.73. The number of aromatic nitrogens is 3. The van der Waals surface area contributed by atoms with Crippen LogP contribution in [0.15, 0.2) is 55.0 Å². The Balaban J connectivity index is 1.50. The van der Waals surface area contributed by atoms with Crippen LogP contribution < -0.4 is 19.9 Å². The van der Waals surface area contributed by atoms with Crippen molar-refractivity contribution >= 4 is 23.6 Å². The number of benzene rings is 1. The highest BCUT2D eigenvalue weighted by Gasteiger charge is 2.36. The van der Waals surface area contributed by atoms with Crippen molar-refractivity contribution in [2.24, 2.45) is 0 Å². The second-order valence-corrected chi connectivity index (χ2v) is 8.73. The number of rotatable bonds is 3. The molecule has 1 N–H and O–H groups in total. The Morgan fingerprint density at radius 1 is 1.06 bits per heavy atom. The number of fused-ring (bicyclic) bond motifs is 1. The van der Waals surface area contributed by atoms with E-state index in [9.17, 15) is 9.59 Å². The van der Waals surface area contributed by atoms with E-state index in [1.54, 1.807) is 29.3 Å². The van der Waals surface area contributed by atoms with Gasteiger partial charge in [-0.3, -0.25) is 14.5 Å². The summed E-state index contributed by atoms with van der Waals surface area (Å²) in [5, 5.41) is 7.97. The monoisotopic (exact) mass is 476 g/mol.